The third kappa shape index (κ3) is 5.54. The maximum absolute atomic E-state index is 11.1. The van der Waals surface area contributed by atoms with Crippen LogP contribution in [-0.2, 0) is 9.53 Å². The quantitative estimate of drug-likeness (QED) is 0.460. The Labute approximate surface area is 110 Å². The van der Waals surface area contributed by atoms with Gasteiger partial charge >= 0.3 is 5.97 Å². The zero-order chi connectivity index (χ0) is 12.5. The molecule has 0 N–H and O–H groups in total. The van der Waals surface area contributed by atoms with E-state index in [0.29, 0.717) is 13.2 Å². The summed E-state index contributed by atoms with van der Waals surface area (Å²) >= 11 is 3.29. The van der Waals surface area contributed by atoms with Gasteiger partial charge in [0.1, 0.15) is 5.75 Å². The molecule has 0 atom stereocenters. The third-order valence-electron chi connectivity index (χ3n) is 1.90. The average molecular weight is 299 g/mol. The Balaban J connectivity index is 2.61. The minimum absolute atomic E-state index is 0.334. The molecule has 3 nitrogen and oxygen atoms in total. The van der Waals surface area contributed by atoms with Crippen molar-refractivity contribution in [2.45, 2.75) is 6.92 Å². The predicted molar refractivity (Wildman–Crippen MR) is 71.4 cm³/mol. The van der Waals surface area contributed by atoms with E-state index in [1.54, 1.807) is 13.0 Å². The highest BCUT2D eigenvalue weighted by Crippen LogP contribution is 2.14. The van der Waals surface area contributed by atoms with Crippen LogP contribution in [0.3, 0.4) is 0 Å². The lowest BCUT2D eigenvalue weighted by atomic mass is 10.2. The van der Waals surface area contributed by atoms with Crippen LogP contribution in [0.15, 0.2) is 30.3 Å². The maximum Gasteiger partial charge on any atom is 0.330 e. The van der Waals surface area contributed by atoms with Crippen molar-refractivity contribution in [1.29, 1.82) is 0 Å². The summed E-state index contributed by atoms with van der Waals surface area (Å²) in [5.41, 5.74) is 0.908. The molecule has 0 unspecified atom stereocenters. The molecule has 0 aliphatic carbocycles. The Hall–Kier alpha value is -1.29. The first-order valence-electron chi connectivity index (χ1n) is 5.40. The summed E-state index contributed by atoms with van der Waals surface area (Å²) in [7, 11) is 0. The summed E-state index contributed by atoms with van der Waals surface area (Å²) in [5.74, 6) is 0.453. The SMILES string of the molecule is CCOC(=O)/C=C/c1cccc(OCCBr)c1. The van der Waals surface area contributed by atoms with Gasteiger partial charge in [0, 0.05) is 11.4 Å². The largest absolute Gasteiger partial charge is 0.493 e. The van der Waals surface area contributed by atoms with Gasteiger partial charge in [-0.05, 0) is 30.7 Å². The lowest BCUT2D eigenvalue weighted by molar-refractivity contribution is -0.137. The molecule has 0 saturated heterocycles. The van der Waals surface area contributed by atoms with E-state index in [2.05, 4.69) is 15.9 Å². The fourth-order valence-corrected chi connectivity index (χ4v) is 1.38. The summed E-state index contributed by atoms with van der Waals surface area (Å²) in [6.45, 7) is 2.78. The van der Waals surface area contributed by atoms with Crippen molar-refractivity contribution < 1.29 is 14.3 Å². The molecule has 17 heavy (non-hydrogen) atoms. The molecular weight excluding hydrogens is 284 g/mol. The number of carbonyl (C=O) groups is 1. The lowest BCUT2D eigenvalue weighted by Gasteiger charge is -2.04. The molecule has 0 aliphatic heterocycles. The fourth-order valence-electron chi connectivity index (χ4n) is 1.22. The molecule has 1 aromatic carbocycles. The van der Waals surface area contributed by atoms with Gasteiger partial charge in [0.2, 0.25) is 0 Å². The number of halogens is 1. The molecule has 92 valence electrons. The number of esters is 1. The first kappa shape index (κ1) is 13.8. The molecule has 4 heteroatoms. The molecule has 0 saturated carbocycles. The summed E-state index contributed by atoms with van der Waals surface area (Å²) in [4.78, 5) is 11.1. The van der Waals surface area contributed by atoms with Crippen LogP contribution in [0.1, 0.15) is 12.5 Å². The van der Waals surface area contributed by atoms with Crippen molar-refractivity contribution in [3.63, 3.8) is 0 Å². The zero-order valence-corrected chi connectivity index (χ0v) is 11.3. The molecule has 0 aromatic heterocycles. The van der Waals surface area contributed by atoms with Crippen molar-refractivity contribution in [3.8, 4) is 5.75 Å². The van der Waals surface area contributed by atoms with Crippen molar-refractivity contribution in [2.75, 3.05) is 18.5 Å². The number of alkyl halides is 1. The zero-order valence-electron chi connectivity index (χ0n) is 9.69. The summed E-state index contributed by atoms with van der Waals surface area (Å²) in [5, 5.41) is 0.788. The molecule has 1 rings (SSSR count). The van der Waals surface area contributed by atoms with Gasteiger partial charge in [-0.3, -0.25) is 0 Å². The summed E-state index contributed by atoms with van der Waals surface area (Å²) < 4.78 is 10.2. The first-order valence-corrected chi connectivity index (χ1v) is 6.52. The second kappa shape index (κ2) is 7.90. The Morgan fingerprint density at radius 2 is 2.29 bits per heavy atom. The molecule has 0 radical (unpaired) electrons. The van der Waals surface area contributed by atoms with Crippen LogP contribution in [0.25, 0.3) is 6.08 Å². The molecule has 1 aromatic rings. The van der Waals surface area contributed by atoms with E-state index in [-0.39, 0.29) is 5.97 Å². The van der Waals surface area contributed by atoms with Gasteiger partial charge in [-0.2, -0.15) is 0 Å². The Morgan fingerprint density at radius 3 is 3.00 bits per heavy atom. The van der Waals surface area contributed by atoms with Crippen molar-refractivity contribution in [3.05, 3.63) is 35.9 Å². The van der Waals surface area contributed by atoms with Gasteiger partial charge in [-0.25, -0.2) is 4.79 Å². The van der Waals surface area contributed by atoms with E-state index >= 15 is 0 Å². The molecule has 0 fully saturated rings. The molecule has 0 aliphatic rings. The number of carbonyl (C=O) groups excluding carboxylic acids is 1. The van der Waals surface area contributed by atoms with Crippen LogP contribution >= 0.6 is 15.9 Å². The first-order chi connectivity index (χ1) is 8.26. The predicted octanol–water partition coefficient (Wildman–Crippen LogP) is 3.04. The third-order valence-corrected chi connectivity index (χ3v) is 2.23. The van der Waals surface area contributed by atoms with E-state index in [1.165, 1.54) is 6.08 Å². The Kier molecular flexibility index (Phi) is 6.40. The van der Waals surface area contributed by atoms with Gasteiger partial charge in [0.15, 0.2) is 0 Å². The number of hydrogen-bond acceptors (Lipinski definition) is 3. The van der Waals surface area contributed by atoms with Crippen LogP contribution in [0.4, 0.5) is 0 Å². The molecule has 0 bridgehead atoms. The Bertz CT molecular complexity index is 388. The van der Waals surface area contributed by atoms with Crippen LogP contribution in [0.2, 0.25) is 0 Å². The van der Waals surface area contributed by atoms with Gasteiger partial charge < -0.3 is 9.47 Å². The van der Waals surface area contributed by atoms with Crippen LogP contribution in [0, 0.1) is 0 Å². The second-order valence-corrected chi connectivity index (χ2v) is 3.99. The number of rotatable bonds is 6. The normalized spacial score (nSPS) is 10.5. The van der Waals surface area contributed by atoms with Crippen molar-refractivity contribution >= 4 is 28.0 Å². The highest BCUT2D eigenvalue weighted by molar-refractivity contribution is 9.09. The highest BCUT2D eigenvalue weighted by Gasteiger charge is 1.96. The summed E-state index contributed by atoms with van der Waals surface area (Å²) in [6, 6.07) is 7.54. The van der Waals surface area contributed by atoms with Gasteiger partial charge in [0.25, 0.3) is 0 Å². The van der Waals surface area contributed by atoms with Gasteiger partial charge in [-0.15, -0.1) is 0 Å². The smallest absolute Gasteiger partial charge is 0.330 e. The van der Waals surface area contributed by atoms with E-state index < -0.39 is 0 Å². The molecular formula is C13H15BrO3. The average Bonchev–Trinajstić information content (AvgIpc) is 2.35. The standard InChI is InChI=1S/C13H15BrO3/c1-2-16-13(15)7-6-11-4-3-5-12(10-11)17-9-8-14/h3-7,10H,2,8-9H2,1H3/b7-6+. The number of hydrogen-bond donors (Lipinski definition) is 0. The molecule has 0 spiro atoms. The highest BCUT2D eigenvalue weighted by atomic mass is 79.9. The van der Waals surface area contributed by atoms with E-state index in [9.17, 15) is 4.79 Å². The lowest BCUT2D eigenvalue weighted by Crippen LogP contribution is -1.99. The van der Waals surface area contributed by atoms with Crippen molar-refractivity contribution in [1.82, 2.24) is 0 Å². The fraction of sp³-hybridized carbons (Fsp3) is 0.308. The van der Waals surface area contributed by atoms with Crippen LogP contribution in [-0.4, -0.2) is 24.5 Å². The minimum atomic E-state index is -0.334. The number of ether oxygens (including phenoxy) is 2. The molecule has 0 heterocycles. The molecule has 0 amide bonds. The van der Waals surface area contributed by atoms with Crippen LogP contribution < -0.4 is 4.74 Å². The van der Waals surface area contributed by atoms with Gasteiger partial charge in [-0.1, -0.05) is 28.1 Å². The van der Waals surface area contributed by atoms with Gasteiger partial charge in [0.05, 0.1) is 13.2 Å². The van der Waals surface area contributed by atoms with E-state index in [1.807, 2.05) is 24.3 Å². The monoisotopic (exact) mass is 298 g/mol. The maximum atomic E-state index is 11.1. The van der Waals surface area contributed by atoms with E-state index in [0.717, 1.165) is 16.6 Å². The number of benzene rings is 1. The van der Waals surface area contributed by atoms with Crippen molar-refractivity contribution in [2.24, 2.45) is 0 Å². The Morgan fingerprint density at radius 1 is 1.47 bits per heavy atom. The van der Waals surface area contributed by atoms with E-state index in [4.69, 9.17) is 9.47 Å². The summed E-state index contributed by atoms with van der Waals surface area (Å²) in [6.07, 6.45) is 3.12. The second-order valence-electron chi connectivity index (χ2n) is 3.20. The minimum Gasteiger partial charge on any atom is -0.493 e. The topological polar surface area (TPSA) is 35.5 Å². The van der Waals surface area contributed by atoms with Crippen LogP contribution in [0.5, 0.6) is 5.75 Å².